The van der Waals surface area contributed by atoms with E-state index in [0.29, 0.717) is 31.8 Å². The number of alkyl carbamates (subject to hydrolysis) is 1. The van der Waals surface area contributed by atoms with Crippen LogP contribution in [-0.2, 0) is 20.7 Å². The highest BCUT2D eigenvalue weighted by Gasteiger charge is 2.23. The third-order valence-corrected chi connectivity index (χ3v) is 5.45. The van der Waals surface area contributed by atoms with E-state index in [1.54, 1.807) is 0 Å². The maximum absolute atomic E-state index is 12.2. The second kappa shape index (κ2) is 10.6. The molecule has 2 rings (SSSR count). The Bertz CT molecular complexity index is 657. The number of nitrogens with zero attached hydrogens (tertiary/aromatic N) is 2. The Hall–Kier alpha value is -2.05. The second-order valence-corrected chi connectivity index (χ2v) is 9.22. The monoisotopic (exact) mass is 407 g/mol. The van der Waals surface area contributed by atoms with E-state index in [0.717, 1.165) is 11.6 Å². The van der Waals surface area contributed by atoms with Crippen molar-refractivity contribution in [3.8, 4) is 0 Å². The molecule has 1 aliphatic carbocycles. The topological polar surface area (TPSA) is 82.5 Å². The molecule has 7 heteroatoms. The van der Waals surface area contributed by atoms with E-state index >= 15 is 0 Å². The summed E-state index contributed by atoms with van der Waals surface area (Å²) in [5.74, 6) is 0.311. The van der Waals surface area contributed by atoms with Gasteiger partial charge >= 0.3 is 12.1 Å². The number of methoxy groups -OCH3 is 1. The number of rotatable bonds is 8. The van der Waals surface area contributed by atoms with Crippen LogP contribution in [-0.4, -0.2) is 40.9 Å². The molecule has 0 aromatic carbocycles. The van der Waals surface area contributed by atoms with Gasteiger partial charge in [-0.3, -0.25) is 4.79 Å². The van der Waals surface area contributed by atoms with E-state index in [1.165, 1.54) is 32.8 Å². The normalized spacial score (nSPS) is 20.7. The minimum absolute atomic E-state index is 0.233. The Morgan fingerprint density at radius 1 is 1.28 bits per heavy atom. The Balaban J connectivity index is 1.83. The highest BCUT2D eigenvalue weighted by Crippen LogP contribution is 2.32. The van der Waals surface area contributed by atoms with Crippen LogP contribution in [0.15, 0.2) is 12.5 Å². The molecule has 164 valence electrons. The molecule has 0 bridgehead atoms. The summed E-state index contributed by atoms with van der Waals surface area (Å²) in [6.07, 6.45) is 10.3. The van der Waals surface area contributed by atoms with Crippen LogP contribution in [0.25, 0.3) is 0 Å². The number of aromatic nitrogens is 2. The number of amides is 1. The Morgan fingerprint density at radius 2 is 1.97 bits per heavy atom. The molecule has 0 radical (unpaired) electrons. The minimum atomic E-state index is -0.520. The number of ether oxygens (including phenoxy) is 2. The zero-order valence-electron chi connectivity index (χ0n) is 18.6. The molecule has 0 spiro atoms. The van der Waals surface area contributed by atoms with Crippen molar-refractivity contribution in [2.45, 2.75) is 84.3 Å². The molecule has 0 unspecified atom stereocenters. The number of hydrogen-bond acceptors (Lipinski definition) is 5. The molecule has 1 N–H and O–H groups in total. The number of nitrogens with one attached hydrogen (secondary N) is 1. The van der Waals surface area contributed by atoms with Gasteiger partial charge in [-0.25, -0.2) is 9.78 Å². The van der Waals surface area contributed by atoms with Crippen LogP contribution in [0.3, 0.4) is 0 Å². The highest BCUT2D eigenvalue weighted by molar-refractivity contribution is 5.72. The summed E-state index contributed by atoms with van der Waals surface area (Å²) in [6, 6.07) is 0.516. The predicted octanol–water partition coefficient (Wildman–Crippen LogP) is 4.27. The molecule has 1 atom stereocenters. The van der Waals surface area contributed by atoms with Crippen molar-refractivity contribution in [2.75, 3.05) is 13.7 Å². The van der Waals surface area contributed by atoms with Crippen LogP contribution in [0.4, 0.5) is 4.79 Å². The van der Waals surface area contributed by atoms with Crippen molar-refractivity contribution in [3.63, 3.8) is 0 Å². The van der Waals surface area contributed by atoms with E-state index < -0.39 is 11.7 Å². The summed E-state index contributed by atoms with van der Waals surface area (Å²) >= 11 is 0. The SMILES string of the molecule is COC(=O)[C@@H](CCCNC(=O)OC(C)(C)C)Cc1cn(C2CCC(C)CC2)cn1. The molecular formula is C22H37N3O4. The van der Waals surface area contributed by atoms with E-state index in [-0.39, 0.29) is 11.9 Å². The molecule has 1 aliphatic rings. The molecule has 0 aliphatic heterocycles. The lowest BCUT2D eigenvalue weighted by Gasteiger charge is -2.26. The maximum atomic E-state index is 12.2. The fourth-order valence-electron chi connectivity index (χ4n) is 3.80. The first kappa shape index (κ1) is 23.2. The fourth-order valence-corrected chi connectivity index (χ4v) is 3.80. The lowest BCUT2D eigenvalue weighted by Crippen LogP contribution is -2.33. The Labute approximate surface area is 174 Å². The minimum Gasteiger partial charge on any atom is -0.469 e. The molecule has 29 heavy (non-hydrogen) atoms. The van der Waals surface area contributed by atoms with Gasteiger partial charge in [0.15, 0.2) is 0 Å². The average molecular weight is 408 g/mol. The molecule has 1 amide bonds. The lowest BCUT2D eigenvalue weighted by atomic mass is 9.87. The zero-order valence-corrected chi connectivity index (χ0v) is 18.6. The summed E-state index contributed by atoms with van der Waals surface area (Å²) in [4.78, 5) is 28.5. The Morgan fingerprint density at radius 3 is 2.59 bits per heavy atom. The Kier molecular flexibility index (Phi) is 8.53. The number of carbonyl (C=O) groups excluding carboxylic acids is 2. The summed E-state index contributed by atoms with van der Waals surface area (Å²) < 4.78 is 12.4. The quantitative estimate of drug-likeness (QED) is 0.514. The second-order valence-electron chi connectivity index (χ2n) is 9.22. The predicted molar refractivity (Wildman–Crippen MR) is 112 cm³/mol. The molecule has 1 aromatic heterocycles. The van der Waals surface area contributed by atoms with Gasteiger partial charge in [0.2, 0.25) is 0 Å². The molecular weight excluding hydrogens is 370 g/mol. The van der Waals surface area contributed by atoms with E-state index in [1.807, 2.05) is 27.1 Å². The van der Waals surface area contributed by atoms with Gasteiger partial charge in [-0.1, -0.05) is 6.92 Å². The molecule has 1 fully saturated rings. The number of esters is 1. The van der Waals surface area contributed by atoms with Crippen molar-refractivity contribution < 1.29 is 19.1 Å². The van der Waals surface area contributed by atoms with Crippen LogP contribution < -0.4 is 5.32 Å². The molecule has 1 aromatic rings. The smallest absolute Gasteiger partial charge is 0.407 e. The number of imidazole rings is 1. The summed E-state index contributed by atoms with van der Waals surface area (Å²) in [7, 11) is 1.41. The fraction of sp³-hybridized carbons (Fsp3) is 0.773. The van der Waals surface area contributed by atoms with Gasteiger partial charge in [0, 0.05) is 25.2 Å². The molecule has 0 saturated heterocycles. The van der Waals surface area contributed by atoms with Crippen molar-refractivity contribution in [3.05, 3.63) is 18.2 Å². The van der Waals surface area contributed by atoms with Gasteiger partial charge in [-0.05, 0) is 65.2 Å². The first-order valence-corrected chi connectivity index (χ1v) is 10.7. The first-order chi connectivity index (χ1) is 13.7. The third kappa shape index (κ3) is 8.07. The maximum Gasteiger partial charge on any atom is 0.407 e. The van der Waals surface area contributed by atoms with Gasteiger partial charge in [0.1, 0.15) is 5.60 Å². The lowest BCUT2D eigenvalue weighted by molar-refractivity contribution is -0.145. The van der Waals surface area contributed by atoms with Crippen molar-refractivity contribution in [1.29, 1.82) is 0 Å². The third-order valence-electron chi connectivity index (χ3n) is 5.45. The largest absolute Gasteiger partial charge is 0.469 e. The van der Waals surface area contributed by atoms with Gasteiger partial charge in [-0.15, -0.1) is 0 Å². The van der Waals surface area contributed by atoms with Crippen LogP contribution in [0.2, 0.25) is 0 Å². The van der Waals surface area contributed by atoms with Crippen molar-refractivity contribution >= 4 is 12.1 Å². The first-order valence-electron chi connectivity index (χ1n) is 10.7. The van der Waals surface area contributed by atoms with Crippen LogP contribution >= 0.6 is 0 Å². The number of hydrogen-bond donors (Lipinski definition) is 1. The van der Waals surface area contributed by atoms with E-state index in [4.69, 9.17) is 9.47 Å². The van der Waals surface area contributed by atoms with Gasteiger partial charge in [0.05, 0.1) is 25.0 Å². The van der Waals surface area contributed by atoms with Crippen LogP contribution in [0.5, 0.6) is 0 Å². The van der Waals surface area contributed by atoms with Crippen LogP contribution in [0.1, 0.15) is 78.0 Å². The van der Waals surface area contributed by atoms with Crippen molar-refractivity contribution in [1.82, 2.24) is 14.9 Å². The van der Waals surface area contributed by atoms with Crippen molar-refractivity contribution in [2.24, 2.45) is 11.8 Å². The standard InChI is InChI=1S/C22H37N3O4/c1-16-8-10-19(11-9-16)25-14-18(24-15-25)13-17(20(26)28-5)7-6-12-23-21(27)29-22(2,3)4/h14-17,19H,6-13H2,1-5H3,(H,23,27)/t16?,17-,19?/m0/s1. The summed E-state index contributed by atoms with van der Waals surface area (Å²) in [5.41, 5.74) is 0.396. The van der Waals surface area contributed by atoms with Gasteiger partial charge < -0.3 is 19.4 Å². The number of carbonyl (C=O) groups is 2. The molecule has 1 heterocycles. The molecule has 1 saturated carbocycles. The summed E-state index contributed by atoms with van der Waals surface area (Å²) in [5, 5.41) is 2.73. The summed E-state index contributed by atoms with van der Waals surface area (Å²) in [6.45, 7) is 8.25. The van der Waals surface area contributed by atoms with E-state index in [9.17, 15) is 9.59 Å². The van der Waals surface area contributed by atoms with E-state index in [2.05, 4.69) is 28.0 Å². The average Bonchev–Trinajstić information content (AvgIpc) is 3.11. The highest BCUT2D eigenvalue weighted by atomic mass is 16.6. The molecule has 7 nitrogen and oxygen atoms in total. The van der Waals surface area contributed by atoms with Gasteiger partial charge in [0.25, 0.3) is 0 Å². The van der Waals surface area contributed by atoms with Crippen LogP contribution in [0, 0.1) is 11.8 Å². The van der Waals surface area contributed by atoms with Gasteiger partial charge in [-0.2, -0.15) is 0 Å². The zero-order chi connectivity index (χ0) is 21.4.